The Kier molecular flexibility index (Phi) is 2.52. The van der Waals surface area contributed by atoms with Gasteiger partial charge in [-0.15, -0.1) is 0 Å². The van der Waals surface area contributed by atoms with Crippen LogP contribution < -0.4 is 4.90 Å². The maximum absolute atomic E-state index is 6.22. The van der Waals surface area contributed by atoms with Crippen LogP contribution in [0.2, 0.25) is 0 Å². The fraction of sp³-hybridized carbons (Fsp3) is 0.222. The predicted octanol–water partition coefficient (Wildman–Crippen LogP) is 4.46. The third-order valence-corrected chi connectivity index (χ3v) is 4.43. The van der Waals surface area contributed by atoms with Crippen molar-refractivity contribution in [2.45, 2.75) is 20.0 Å². The Morgan fingerprint density at radius 3 is 2.38 bits per heavy atom. The second-order valence-corrected chi connectivity index (χ2v) is 5.71. The molecule has 106 valence electrons. The highest BCUT2D eigenvalue weighted by atomic mass is 16.3. The van der Waals surface area contributed by atoms with Gasteiger partial charge in [-0.3, -0.25) is 0 Å². The molecule has 1 aliphatic heterocycles. The number of para-hydroxylation sites is 2. The van der Waals surface area contributed by atoms with Crippen molar-refractivity contribution in [1.82, 2.24) is 4.90 Å². The zero-order chi connectivity index (χ0) is 14.6. The molecule has 21 heavy (non-hydrogen) atoms. The number of nitrogens with zero attached hydrogens (tertiary/aromatic N) is 2. The van der Waals surface area contributed by atoms with Crippen molar-refractivity contribution in [1.29, 1.82) is 0 Å². The number of furan rings is 1. The molecular formula is C18H18N2O. The molecule has 0 aliphatic carbocycles. The van der Waals surface area contributed by atoms with E-state index >= 15 is 0 Å². The molecule has 4 rings (SSSR count). The highest BCUT2D eigenvalue weighted by Crippen LogP contribution is 2.38. The van der Waals surface area contributed by atoms with Gasteiger partial charge in [0, 0.05) is 30.2 Å². The summed E-state index contributed by atoms with van der Waals surface area (Å²) in [6.45, 7) is 4.28. The van der Waals surface area contributed by atoms with Gasteiger partial charge in [-0.2, -0.15) is 0 Å². The number of anilines is 1. The summed E-state index contributed by atoms with van der Waals surface area (Å²) in [5, 5.41) is 2.37. The topological polar surface area (TPSA) is 19.6 Å². The summed E-state index contributed by atoms with van der Waals surface area (Å²) in [4.78, 5) is 4.44. The van der Waals surface area contributed by atoms with Crippen molar-refractivity contribution in [3.63, 3.8) is 0 Å². The molecular weight excluding hydrogens is 260 g/mol. The first-order valence-corrected chi connectivity index (χ1v) is 7.26. The highest BCUT2D eigenvalue weighted by Gasteiger charge is 2.23. The fourth-order valence-electron chi connectivity index (χ4n) is 3.05. The van der Waals surface area contributed by atoms with E-state index < -0.39 is 0 Å². The molecule has 0 fully saturated rings. The Morgan fingerprint density at radius 2 is 1.67 bits per heavy atom. The zero-order valence-electron chi connectivity index (χ0n) is 12.5. The van der Waals surface area contributed by atoms with Gasteiger partial charge in [0.15, 0.2) is 5.58 Å². The first-order valence-electron chi connectivity index (χ1n) is 7.26. The van der Waals surface area contributed by atoms with E-state index in [-0.39, 0.29) is 0 Å². The molecule has 2 heterocycles. The Labute approximate surface area is 124 Å². The Morgan fingerprint density at radius 1 is 0.952 bits per heavy atom. The van der Waals surface area contributed by atoms with Gasteiger partial charge in [0.25, 0.3) is 0 Å². The van der Waals surface area contributed by atoms with E-state index in [1.807, 2.05) is 0 Å². The molecule has 1 atom stereocenters. The Balaban J connectivity index is 2.01. The molecule has 3 aromatic rings. The second-order valence-electron chi connectivity index (χ2n) is 5.71. The van der Waals surface area contributed by atoms with Gasteiger partial charge in [-0.25, -0.2) is 0 Å². The van der Waals surface area contributed by atoms with Crippen molar-refractivity contribution in [2.24, 2.45) is 0 Å². The number of fused-ring (bicyclic) bond motifs is 3. The van der Waals surface area contributed by atoms with Crippen molar-refractivity contribution in [2.75, 3.05) is 11.9 Å². The lowest BCUT2D eigenvalue weighted by atomic mass is 10.1. The number of rotatable bonds is 1. The summed E-state index contributed by atoms with van der Waals surface area (Å²) in [5.74, 6) is 0. The van der Waals surface area contributed by atoms with E-state index in [0.717, 1.165) is 16.9 Å². The van der Waals surface area contributed by atoms with E-state index in [1.165, 1.54) is 16.3 Å². The Bertz CT molecular complexity index is 862. The molecule has 0 N–H and O–H groups in total. The fourth-order valence-corrected chi connectivity index (χ4v) is 3.05. The van der Waals surface area contributed by atoms with Gasteiger partial charge in [0.05, 0.1) is 5.69 Å². The maximum atomic E-state index is 6.22. The molecule has 3 nitrogen and oxygen atoms in total. The normalized spacial score (nSPS) is 18.3. The van der Waals surface area contributed by atoms with Crippen LogP contribution in [0.15, 0.2) is 53.2 Å². The molecule has 0 radical (unpaired) electrons. The lowest BCUT2D eigenvalue weighted by molar-refractivity contribution is 0.383. The molecule has 0 saturated carbocycles. The first-order chi connectivity index (χ1) is 10.2. The van der Waals surface area contributed by atoms with E-state index in [0.29, 0.717) is 6.17 Å². The largest absolute Gasteiger partial charge is 0.454 e. The minimum absolute atomic E-state index is 0.296. The van der Waals surface area contributed by atoms with Gasteiger partial charge in [0.2, 0.25) is 0 Å². The Hall–Kier alpha value is -2.42. The second kappa shape index (κ2) is 4.29. The smallest absolute Gasteiger partial charge is 0.159 e. The number of benzene rings is 2. The van der Waals surface area contributed by atoms with Crippen molar-refractivity contribution < 1.29 is 4.42 Å². The average Bonchev–Trinajstić information content (AvgIpc) is 3.02. The van der Waals surface area contributed by atoms with Crippen LogP contribution in [0.5, 0.6) is 0 Å². The molecule has 2 aromatic carbocycles. The minimum Gasteiger partial charge on any atom is -0.454 e. The van der Waals surface area contributed by atoms with E-state index in [2.05, 4.69) is 79.5 Å². The summed E-state index contributed by atoms with van der Waals surface area (Å²) in [6.07, 6.45) is 4.50. The molecule has 0 unspecified atom stereocenters. The molecule has 0 bridgehead atoms. The monoisotopic (exact) mass is 278 g/mol. The third kappa shape index (κ3) is 1.67. The van der Waals surface area contributed by atoms with Gasteiger partial charge in [0.1, 0.15) is 11.7 Å². The summed E-state index contributed by atoms with van der Waals surface area (Å²) in [5.41, 5.74) is 4.26. The highest BCUT2D eigenvalue weighted by molar-refractivity contribution is 6.09. The third-order valence-electron chi connectivity index (χ3n) is 4.43. The molecule has 1 aromatic heterocycles. The lowest BCUT2D eigenvalue weighted by Crippen LogP contribution is -2.33. The van der Waals surface area contributed by atoms with Gasteiger partial charge in [-0.05, 0) is 25.5 Å². The first kappa shape index (κ1) is 12.3. The van der Waals surface area contributed by atoms with Crippen molar-refractivity contribution in [3.8, 4) is 0 Å². The van der Waals surface area contributed by atoms with Gasteiger partial charge in [-0.1, -0.05) is 30.3 Å². The van der Waals surface area contributed by atoms with Crippen LogP contribution in [-0.4, -0.2) is 18.1 Å². The molecule has 0 amide bonds. The van der Waals surface area contributed by atoms with Crippen LogP contribution in [0.4, 0.5) is 5.69 Å². The molecule has 3 heteroatoms. The van der Waals surface area contributed by atoms with Crippen LogP contribution >= 0.6 is 0 Å². The molecule has 1 aliphatic rings. The average molecular weight is 278 g/mol. The number of hydrogen-bond acceptors (Lipinski definition) is 3. The number of hydrogen-bond donors (Lipinski definition) is 0. The van der Waals surface area contributed by atoms with Crippen LogP contribution in [0.3, 0.4) is 0 Å². The molecule has 0 saturated heterocycles. The summed E-state index contributed by atoms with van der Waals surface area (Å²) in [7, 11) is 2.09. The number of aryl methyl sites for hydroxylation is 1. The van der Waals surface area contributed by atoms with Gasteiger partial charge >= 0.3 is 0 Å². The SMILES string of the molecule is Cc1cccc2c1oc1c(N3C=CN(C)[C@@H]3C)cccc12. The predicted molar refractivity (Wildman–Crippen MR) is 87.3 cm³/mol. The zero-order valence-corrected chi connectivity index (χ0v) is 12.5. The van der Waals surface area contributed by atoms with E-state index in [1.54, 1.807) is 0 Å². The van der Waals surface area contributed by atoms with Crippen LogP contribution in [0, 0.1) is 6.92 Å². The summed E-state index contributed by atoms with van der Waals surface area (Å²) < 4.78 is 6.22. The maximum Gasteiger partial charge on any atom is 0.159 e. The van der Waals surface area contributed by atoms with Crippen LogP contribution in [0.25, 0.3) is 21.9 Å². The molecule has 0 spiro atoms. The minimum atomic E-state index is 0.296. The lowest BCUT2D eigenvalue weighted by Gasteiger charge is -2.26. The summed E-state index contributed by atoms with van der Waals surface area (Å²) >= 11 is 0. The quantitative estimate of drug-likeness (QED) is 0.655. The van der Waals surface area contributed by atoms with Crippen molar-refractivity contribution >= 4 is 27.6 Å². The van der Waals surface area contributed by atoms with Crippen LogP contribution in [-0.2, 0) is 0 Å². The van der Waals surface area contributed by atoms with Gasteiger partial charge < -0.3 is 14.2 Å². The summed E-state index contributed by atoms with van der Waals surface area (Å²) in [6, 6.07) is 12.7. The van der Waals surface area contributed by atoms with Crippen molar-refractivity contribution in [3.05, 3.63) is 54.4 Å². The standard InChI is InChI=1S/C18H18N2O/c1-12-6-4-7-14-15-8-5-9-16(18(15)21-17(12)14)20-11-10-19(3)13(20)2/h4-11,13H,1-3H3/t13-/m0/s1. The van der Waals surface area contributed by atoms with Crippen LogP contribution in [0.1, 0.15) is 12.5 Å². The van der Waals surface area contributed by atoms with E-state index in [4.69, 9.17) is 4.42 Å². The van der Waals surface area contributed by atoms with E-state index in [9.17, 15) is 0 Å².